The summed E-state index contributed by atoms with van der Waals surface area (Å²) in [6.45, 7) is 15.4. The van der Waals surface area contributed by atoms with Gasteiger partial charge in [-0.25, -0.2) is 0 Å². The number of carbonyl (C=O) groups excluding carboxylic acids is 2. The topological polar surface area (TPSA) is 74.6 Å². The standard InChI is InChI=1S/C29H50O4/c1-20(14-10-17-28(6,7)32)12-9-13-21(2)15-11-18-29(8,33)19-16-25-24(5)26(30)22(3)23(4)27(25)31/h20-21,32-33H,9-19H2,1-8H3. The van der Waals surface area contributed by atoms with E-state index in [4.69, 9.17) is 0 Å². The van der Waals surface area contributed by atoms with E-state index in [-0.39, 0.29) is 11.6 Å². The molecule has 0 heterocycles. The average molecular weight is 463 g/mol. The van der Waals surface area contributed by atoms with Gasteiger partial charge in [-0.05, 0) is 79.1 Å². The van der Waals surface area contributed by atoms with Gasteiger partial charge in [0.05, 0.1) is 11.2 Å². The fraction of sp³-hybridized carbons (Fsp3) is 0.793. The van der Waals surface area contributed by atoms with Crippen LogP contribution < -0.4 is 0 Å². The Kier molecular flexibility index (Phi) is 11.7. The van der Waals surface area contributed by atoms with Crippen LogP contribution in [0.3, 0.4) is 0 Å². The molecule has 33 heavy (non-hydrogen) atoms. The summed E-state index contributed by atoms with van der Waals surface area (Å²) in [5.74, 6) is 1.27. The van der Waals surface area contributed by atoms with E-state index in [1.165, 1.54) is 25.7 Å². The Balaban J connectivity index is 2.31. The second-order valence-electron chi connectivity index (χ2n) is 11.7. The lowest BCUT2D eigenvalue weighted by atomic mass is 9.81. The summed E-state index contributed by atoms with van der Waals surface area (Å²) in [7, 11) is 0. The van der Waals surface area contributed by atoms with Crippen LogP contribution in [0.1, 0.15) is 126 Å². The molecule has 0 saturated heterocycles. The molecular formula is C29H50O4. The van der Waals surface area contributed by atoms with Crippen molar-refractivity contribution >= 4 is 11.6 Å². The predicted octanol–water partition coefficient (Wildman–Crippen LogP) is 6.88. The SMILES string of the molecule is CC1=C(C)C(=O)C(CCC(C)(O)CCCC(C)CCCC(C)CCCC(C)(C)O)=C(C)C1=O. The molecule has 0 aromatic rings. The third-order valence-electron chi connectivity index (χ3n) is 7.52. The zero-order valence-electron chi connectivity index (χ0n) is 22.6. The number of hydrogen-bond donors (Lipinski definition) is 2. The van der Waals surface area contributed by atoms with Gasteiger partial charge in [0.25, 0.3) is 0 Å². The van der Waals surface area contributed by atoms with Gasteiger partial charge in [0.2, 0.25) is 0 Å². The minimum Gasteiger partial charge on any atom is -0.390 e. The summed E-state index contributed by atoms with van der Waals surface area (Å²) in [5, 5.41) is 20.7. The molecule has 2 N–H and O–H groups in total. The molecule has 3 unspecified atom stereocenters. The molecule has 190 valence electrons. The van der Waals surface area contributed by atoms with Crippen LogP contribution in [0.25, 0.3) is 0 Å². The Morgan fingerprint density at radius 3 is 1.64 bits per heavy atom. The Morgan fingerprint density at radius 1 is 0.667 bits per heavy atom. The number of ketones is 2. The molecular weight excluding hydrogens is 412 g/mol. The van der Waals surface area contributed by atoms with Crippen LogP contribution in [-0.2, 0) is 9.59 Å². The highest BCUT2D eigenvalue weighted by Crippen LogP contribution is 2.31. The van der Waals surface area contributed by atoms with Gasteiger partial charge in [0.1, 0.15) is 0 Å². The van der Waals surface area contributed by atoms with Crippen LogP contribution in [0.2, 0.25) is 0 Å². The zero-order chi connectivity index (χ0) is 25.4. The van der Waals surface area contributed by atoms with Gasteiger partial charge in [-0.2, -0.15) is 0 Å². The van der Waals surface area contributed by atoms with Crippen molar-refractivity contribution in [1.82, 2.24) is 0 Å². The van der Waals surface area contributed by atoms with Crippen molar-refractivity contribution < 1.29 is 19.8 Å². The second-order valence-corrected chi connectivity index (χ2v) is 11.7. The van der Waals surface area contributed by atoms with Crippen molar-refractivity contribution in [2.24, 2.45) is 11.8 Å². The van der Waals surface area contributed by atoms with Crippen molar-refractivity contribution in [2.45, 2.75) is 137 Å². The number of carbonyl (C=O) groups is 2. The Hall–Kier alpha value is -1.26. The molecule has 0 radical (unpaired) electrons. The molecule has 1 rings (SSSR count). The van der Waals surface area contributed by atoms with E-state index < -0.39 is 11.2 Å². The Bertz CT molecular complexity index is 733. The van der Waals surface area contributed by atoms with E-state index in [9.17, 15) is 19.8 Å². The van der Waals surface area contributed by atoms with Crippen LogP contribution in [0.15, 0.2) is 22.3 Å². The van der Waals surface area contributed by atoms with E-state index in [1.807, 2.05) is 20.8 Å². The fourth-order valence-electron chi connectivity index (χ4n) is 4.79. The average Bonchev–Trinajstić information content (AvgIpc) is 2.69. The Labute approximate surface area is 202 Å². The molecule has 3 atom stereocenters. The lowest BCUT2D eigenvalue weighted by Gasteiger charge is -2.26. The monoisotopic (exact) mass is 462 g/mol. The molecule has 0 spiro atoms. The quantitative estimate of drug-likeness (QED) is 0.260. The molecule has 0 amide bonds. The molecule has 1 aliphatic rings. The summed E-state index contributed by atoms with van der Waals surface area (Å²) in [6.07, 6.45) is 10.6. The first kappa shape index (κ1) is 29.8. The smallest absolute Gasteiger partial charge is 0.185 e. The summed E-state index contributed by atoms with van der Waals surface area (Å²) in [5.41, 5.74) is 0.834. The molecule has 0 aliphatic heterocycles. The maximum atomic E-state index is 12.6. The summed E-state index contributed by atoms with van der Waals surface area (Å²) < 4.78 is 0. The van der Waals surface area contributed by atoms with Gasteiger partial charge in [-0.3, -0.25) is 9.59 Å². The van der Waals surface area contributed by atoms with Gasteiger partial charge in [0, 0.05) is 22.3 Å². The second kappa shape index (κ2) is 13.0. The lowest BCUT2D eigenvalue weighted by Crippen LogP contribution is -2.27. The van der Waals surface area contributed by atoms with E-state index in [2.05, 4.69) is 13.8 Å². The van der Waals surface area contributed by atoms with E-state index >= 15 is 0 Å². The zero-order valence-corrected chi connectivity index (χ0v) is 22.6. The molecule has 0 saturated carbocycles. The first-order valence-corrected chi connectivity index (χ1v) is 13.1. The third kappa shape index (κ3) is 10.7. The lowest BCUT2D eigenvalue weighted by molar-refractivity contribution is -0.116. The largest absolute Gasteiger partial charge is 0.390 e. The van der Waals surface area contributed by atoms with Gasteiger partial charge in [-0.1, -0.05) is 58.8 Å². The van der Waals surface area contributed by atoms with E-state index in [1.54, 1.807) is 20.8 Å². The third-order valence-corrected chi connectivity index (χ3v) is 7.52. The van der Waals surface area contributed by atoms with Crippen LogP contribution in [0.4, 0.5) is 0 Å². The molecule has 1 aliphatic carbocycles. The Morgan fingerprint density at radius 2 is 1.12 bits per heavy atom. The van der Waals surface area contributed by atoms with Crippen LogP contribution in [0.5, 0.6) is 0 Å². The molecule has 0 fully saturated rings. The molecule has 0 bridgehead atoms. The van der Waals surface area contributed by atoms with Crippen molar-refractivity contribution in [3.63, 3.8) is 0 Å². The first-order valence-electron chi connectivity index (χ1n) is 13.1. The highest BCUT2D eigenvalue weighted by molar-refractivity contribution is 6.24. The normalized spacial score (nSPS) is 19.2. The van der Waals surface area contributed by atoms with Gasteiger partial charge < -0.3 is 10.2 Å². The van der Waals surface area contributed by atoms with Crippen molar-refractivity contribution in [1.29, 1.82) is 0 Å². The van der Waals surface area contributed by atoms with Crippen LogP contribution >= 0.6 is 0 Å². The molecule has 4 nitrogen and oxygen atoms in total. The predicted molar refractivity (Wildman–Crippen MR) is 137 cm³/mol. The van der Waals surface area contributed by atoms with Crippen molar-refractivity contribution in [3.8, 4) is 0 Å². The highest BCUT2D eigenvalue weighted by Gasteiger charge is 2.29. The van der Waals surface area contributed by atoms with Gasteiger partial charge in [-0.15, -0.1) is 0 Å². The fourth-order valence-corrected chi connectivity index (χ4v) is 4.79. The maximum Gasteiger partial charge on any atom is 0.185 e. The molecule has 0 aromatic carbocycles. The first-order chi connectivity index (χ1) is 15.1. The summed E-state index contributed by atoms with van der Waals surface area (Å²) >= 11 is 0. The number of hydrogen-bond acceptors (Lipinski definition) is 4. The van der Waals surface area contributed by atoms with Crippen LogP contribution in [0, 0.1) is 11.8 Å². The molecule has 0 aromatic heterocycles. The van der Waals surface area contributed by atoms with Gasteiger partial charge in [0.15, 0.2) is 11.6 Å². The number of rotatable bonds is 15. The number of Topliss-reactive ketones (excluding diaryl/α,β-unsaturated/α-hetero) is 2. The van der Waals surface area contributed by atoms with Crippen molar-refractivity contribution in [2.75, 3.05) is 0 Å². The van der Waals surface area contributed by atoms with E-state index in [0.717, 1.165) is 25.7 Å². The number of allylic oxidation sites excluding steroid dienone is 4. The number of aliphatic hydroxyl groups is 2. The minimum absolute atomic E-state index is 0.0386. The highest BCUT2D eigenvalue weighted by atomic mass is 16.3. The molecule has 4 heteroatoms. The van der Waals surface area contributed by atoms with Crippen molar-refractivity contribution in [3.05, 3.63) is 22.3 Å². The summed E-state index contributed by atoms with van der Waals surface area (Å²) in [6, 6.07) is 0. The van der Waals surface area contributed by atoms with Gasteiger partial charge >= 0.3 is 0 Å². The maximum absolute atomic E-state index is 12.6. The van der Waals surface area contributed by atoms with E-state index in [0.29, 0.717) is 53.4 Å². The minimum atomic E-state index is -0.824. The summed E-state index contributed by atoms with van der Waals surface area (Å²) in [4.78, 5) is 24.9. The van der Waals surface area contributed by atoms with Crippen LogP contribution in [-0.4, -0.2) is 33.0 Å².